The lowest BCUT2D eigenvalue weighted by atomic mass is 10.1. The molecule has 0 atom stereocenters. The second-order valence-electron chi connectivity index (χ2n) is 7.79. The first-order valence-corrected chi connectivity index (χ1v) is 12.5. The average Bonchev–Trinajstić information content (AvgIpc) is 3.33. The van der Waals surface area contributed by atoms with E-state index in [9.17, 15) is 8.42 Å². The van der Waals surface area contributed by atoms with Gasteiger partial charge < -0.3 is 14.2 Å². The highest BCUT2D eigenvalue weighted by Crippen LogP contribution is 2.32. The Hall–Kier alpha value is -4.22. The van der Waals surface area contributed by atoms with Crippen molar-refractivity contribution in [3.8, 4) is 28.8 Å². The van der Waals surface area contributed by atoms with Crippen LogP contribution in [0.15, 0.2) is 77.7 Å². The smallest absolute Gasteiger partial charge is 0.240 e. The first-order valence-electron chi connectivity index (χ1n) is 11.0. The molecule has 0 unspecified atom stereocenters. The molecule has 10 nitrogen and oxygen atoms in total. The first kappa shape index (κ1) is 23.5. The summed E-state index contributed by atoms with van der Waals surface area (Å²) in [6, 6.07) is 21.3. The predicted octanol–water partition coefficient (Wildman–Crippen LogP) is 3.32. The molecule has 0 aliphatic rings. The second-order valence-corrected chi connectivity index (χ2v) is 9.55. The van der Waals surface area contributed by atoms with E-state index in [2.05, 4.69) is 20.0 Å². The first-order chi connectivity index (χ1) is 17.5. The van der Waals surface area contributed by atoms with Crippen molar-refractivity contribution in [1.29, 1.82) is 0 Å². The Morgan fingerprint density at radius 3 is 2.53 bits per heavy atom. The lowest BCUT2D eigenvalue weighted by Crippen LogP contribution is -2.28. The van der Waals surface area contributed by atoms with Crippen LogP contribution in [-0.4, -0.2) is 55.6 Å². The number of benzene rings is 3. The lowest BCUT2D eigenvalue weighted by molar-refractivity contribution is 0.306. The number of aromatic nitrogens is 4. The van der Waals surface area contributed by atoms with Gasteiger partial charge in [0.2, 0.25) is 15.9 Å². The molecule has 36 heavy (non-hydrogen) atoms. The van der Waals surface area contributed by atoms with Crippen LogP contribution in [0.25, 0.3) is 27.8 Å². The second kappa shape index (κ2) is 9.80. The standard InChI is InChI=1S/C25H23N5O5S/c1-33-19-8-10-21(22(16-19)34-2)25-28-27-23-11-12-24(29-30(23)25)35-14-13-26-36(31,32)20-9-7-17-5-3-4-6-18(17)15-20/h3-12,15-16,26H,13-14H2,1-2H3. The maximum atomic E-state index is 12.7. The molecule has 5 aromatic rings. The van der Waals surface area contributed by atoms with Gasteiger partial charge in [0.25, 0.3) is 0 Å². The van der Waals surface area contributed by atoms with Gasteiger partial charge in [-0.05, 0) is 41.1 Å². The van der Waals surface area contributed by atoms with Crippen LogP contribution >= 0.6 is 0 Å². The van der Waals surface area contributed by atoms with E-state index in [1.54, 1.807) is 61.2 Å². The van der Waals surface area contributed by atoms with Gasteiger partial charge >= 0.3 is 0 Å². The number of hydrogen-bond acceptors (Lipinski definition) is 8. The van der Waals surface area contributed by atoms with Crippen molar-refractivity contribution in [3.05, 3.63) is 72.8 Å². The van der Waals surface area contributed by atoms with Gasteiger partial charge in [0.05, 0.1) is 24.7 Å². The predicted molar refractivity (Wildman–Crippen MR) is 134 cm³/mol. The Kier molecular flexibility index (Phi) is 6.40. The van der Waals surface area contributed by atoms with Gasteiger partial charge in [0, 0.05) is 18.7 Å². The highest BCUT2D eigenvalue weighted by molar-refractivity contribution is 7.89. The summed E-state index contributed by atoms with van der Waals surface area (Å²) in [5, 5.41) is 14.7. The summed E-state index contributed by atoms with van der Waals surface area (Å²) in [5.41, 5.74) is 1.20. The maximum Gasteiger partial charge on any atom is 0.240 e. The average molecular weight is 506 g/mol. The van der Waals surface area contributed by atoms with Gasteiger partial charge in [-0.3, -0.25) is 0 Å². The fraction of sp³-hybridized carbons (Fsp3) is 0.160. The third-order valence-electron chi connectivity index (χ3n) is 5.56. The van der Waals surface area contributed by atoms with Gasteiger partial charge in [-0.25, -0.2) is 13.1 Å². The van der Waals surface area contributed by atoms with E-state index in [4.69, 9.17) is 14.2 Å². The number of nitrogens with one attached hydrogen (secondary N) is 1. The molecular formula is C25H23N5O5S. The minimum Gasteiger partial charge on any atom is -0.497 e. The lowest BCUT2D eigenvalue weighted by Gasteiger charge is -2.10. The van der Waals surface area contributed by atoms with Crippen LogP contribution in [0, 0.1) is 0 Å². The third-order valence-corrected chi connectivity index (χ3v) is 7.02. The molecule has 0 fully saturated rings. The molecule has 0 bridgehead atoms. The van der Waals surface area contributed by atoms with Crippen molar-refractivity contribution in [2.45, 2.75) is 4.90 Å². The number of nitrogens with zero attached hydrogens (tertiary/aromatic N) is 4. The quantitative estimate of drug-likeness (QED) is 0.303. The molecule has 3 aromatic carbocycles. The highest BCUT2D eigenvalue weighted by Gasteiger charge is 2.17. The van der Waals surface area contributed by atoms with E-state index in [0.29, 0.717) is 34.4 Å². The third kappa shape index (κ3) is 4.66. The molecule has 0 saturated heterocycles. The molecule has 2 aromatic heterocycles. The van der Waals surface area contributed by atoms with Crippen molar-refractivity contribution in [1.82, 2.24) is 24.5 Å². The Morgan fingerprint density at radius 1 is 0.889 bits per heavy atom. The molecule has 1 N–H and O–H groups in total. The van der Waals surface area contributed by atoms with Crippen LogP contribution in [0.3, 0.4) is 0 Å². The summed E-state index contributed by atoms with van der Waals surface area (Å²) < 4.78 is 46.0. The zero-order valence-corrected chi connectivity index (χ0v) is 20.4. The molecule has 0 saturated carbocycles. The van der Waals surface area contributed by atoms with Crippen LogP contribution in [0.2, 0.25) is 0 Å². The van der Waals surface area contributed by atoms with E-state index in [1.807, 2.05) is 30.3 Å². The summed E-state index contributed by atoms with van der Waals surface area (Å²) in [7, 11) is -0.553. The molecule has 0 aliphatic carbocycles. The molecule has 11 heteroatoms. The zero-order valence-electron chi connectivity index (χ0n) is 19.6. The largest absolute Gasteiger partial charge is 0.497 e. The van der Waals surface area contributed by atoms with Gasteiger partial charge in [0.1, 0.15) is 18.1 Å². The molecule has 184 valence electrons. The fourth-order valence-electron chi connectivity index (χ4n) is 3.75. The number of sulfonamides is 1. The van der Waals surface area contributed by atoms with Crippen LogP contribution in [0.4, 0.5) is 0 Å². The summed E-state index contributed by atoms with van der Waals surface area (Å²) in [4.78, 5) is 0.198. The van der Waals surface area contributed by atoms with Gasteiger partial charge in [-0.2, -0.15) is 4.52 Å². The minimum absolute atomic E-state index is 0.0657. The van der Waals surface area contributed by atoms with Crippen molar-refractivity contribution in [2.24, 2.45) is 0 Å². The zero-order chi connectivity index (χ0) is 25.1. The van der Waals surface area contributed by atoms with Crippen molar-refractivity contribution >= 4 is 26.4 Å². The molecule has 5 rings (SSSR count). The van der Waals surface area contributed by atoms with Crippen LogP contribution in [0.5, 0.6) is 17.4 Å². The Balaban J connectivity index is 1.29. The molecule has 0 amide bonds. The summed E-state index contributed by atoms with van der Waals surface area (Å²) >= 11 is 0. The number of hydrogen-bond donors (Lipinski definition) is 1. The Morgan fingerprint density at radius 2 is 1.72 bits per heavy atom. The van der Waals surface area contributed by atoms with Crippen molar-refractivity contribution in [2.75, 3.05) is 27.4 Å². The molecule has 0 radical (unpaired) electrons. The maximum absolute atomic E-state index is 12.7. The SMILES string of the molecule is COc1ccc(-c2nnc3ccc(OCCNS(=O)(=O)c4ccc5ccccc5c4)nn23)c(OC)c1. The molecule has 0 spiro atoms. The van der Waals surface area contributed by atoms with Gasteiger partial charge in [0.15, 0.2) is 11.5 Å². The summed E-state index contributed by atoms with van der Waals surface area (Å²) in [6.07, 6.45) is 0. The van der Waals surface area contributed by atoms with Crippen molar-refractivity contribution in [3.63, 3.8) is 0 Å². The Labute approximate surface area is 207 Å². The monoisotopic (exact) mass is 505 g/mol. The van der Waals surface area contributed by atoms with Crippen molar-refractivity contribution < 1.29 is 22.6 Å². The van der Waals surface area contributed by atoms with Crippen LogP contribution in [-0.2, 0) is 10.0 Å². The van der Waals surface area contributed by atoms with E-state index in [0.717, 1.165) is 10.8 Å². The number of rotatable bonds is 9. The fourth-order valence-corrected chi connectivity index (χ4v) is 4.80. The van der Waals surface area contributed by atoms with E-state index >= 15 is 0 Å². The molecular weight excluding hydrogens is 482 g/mol. The normalized spacial score (nSPS) is 11.6. The number of ether oxygens (including phenoxy) is 3. The summed E-state index contributed by atoms with van der Waals surface area (Å²) in [5.74, 6) is 1.96. The van der Waals surface area contributed by atoms with E-state index < -0.39 is 10.0 Å². The minimum atomic E-state index is -3.69. The highest BCUT2D eigenvalue weighted by atomic mass is 32.2. The van der Waals surface area contributed by atoms with Crippen LogP contribution in [0.1, 0.15) is 0 Å². The topological polar surface area (TPSA) is 117 Å². The summed E-state index contributed by atoms with van der Waals surface area (Å²) in [6.45, 7) is 0.144. The van der Waals surface area contributed by atoms with Gasteiger partial charge in [-0.15, -0.1) is 15.3 Å². The van der Waals surface area contributed by atoms with Crippen LogP contribution < -0.4 is 18.9 Å². The number of methoxy groups -OCH3 is 2. The molecule has 0 aliphatic heterocycles. The van der Waals surface area contributed by atoms with Gasteiger partial charge in [-0.1, -0.05) is 30.3 Å². The van der Waals surface area contributed by atoms with E-state index in [1.165, 1.54) is 0 Å². The molecule has 2 heterocycles. The van der Waals surface area contributed by atoms with E-state index in [-0.39, 0.29) is 18.0 Å². The Bertz CT molecular complexity index is 1650. The number of fused-ring (bicyclic) bond motifs is 2.